The molecule has 4 heteroatoms. The Bertz CT molecular complexity index is 692. The number of benzene rings is 2. The third kappa shape index (κ3) is 4.06. The van der Waals surface area contributed by atoms with E-state index in [1.165, 1.54) is 12.2 Å². The maximum atomic E-state index is 11.4. The maximum Gasteiger partial charge on any atom is 0.335 e. The van der Waals surface area contributed by atoms with Crippen molar-refractivity contribution in [2.45, 2.75) is 13.8 Å². The van der Waals surface area contributed by atoms with Crippen molar-refractivity contribution in [2.75, 3.05) is 0 Å². The van der Waals surface area contributed by atoms with Gasteiger partial charge in [0.15, 0.2) is 0 Å². The summed E-state index contributed by atoms with van der Waals surface area (Å²) in [5.41, 5.74) is 0. The summed E-state index contributed by atoms with van der Waals surface area (Å²) < 4.78 is 10.3. The zero-order valence-corrected chi connectivity index (χ0v) is 12.4. The van der Waals surface area contributed by atoms with Gasteiger partial charge in [0.25, 0.3) is 0 Å². The van der Waals surface area contributed by atoms with E-state index in [2.05, 4.69) is 0 Å². The number of rotatable bonds is 4. The van der Waals surface area contributed by atoms with Crippen LogP contribution in [-0.2, 0) is 9.59 Å². The van der Waals surface area contributed by atoms with Crippen LogP contribution < -0.4 is 9.47 Å². The Morgan fingerprint density at radius 1 is 0.773 bits per heavy atom. The summed E-state index contributed by atoms with van der Waals surface area (Å²) in [6.45, 7) is 3.50. The number of hydrogen-bond donors (Lipinski definition) is 0. The molecule has 0 aromatic heterocycles. The number of allylic oxidation sites excluding steroid dienone is 2. The Hall–Kier alpha value is -2.88. The summed E-state index contributed by atoms with van der Waals surface area (Å²) in [5, 5.41) is 1.77. The highest BCUT2D eigenvalue weighted by atomic mass is 16.5. The van der Waals surface area contributed by atoms with Gasteiger partial charge in [0.05, 0.1) is 0 Å². The van der Waals surface area contributed by atoms with Crippen LogP contribution in [0.25, 0.3) is 10.8 Å². The van der Waals surface area contributed by atoms with E-state index in [0.29, 0.717) is 11.5 Å². The van der Waals surface area contributed by atoms with Gasteiger partial charge in [0.1, 0.15) is 11.5 Å². The van der Waals surface area contributed by atoms with Gasteiger partial charge in [-0.1, -0.05) is 24.3 Å². The van der Waals surface area contributed by atoms with Gasteiger partial charge < -0.3 is 9.47 Å². The van der Waals surface area contributed by atoms with Crippen LogP contribution >= 0.6 is 0 Å². The molecule has 2 aromatic carbocycles. The lowest BCUT2D eigenvalue weighted by Crippen LogP contribution is -2.04. The van der Waals surface area contributed by atoms with Crippen LogP contribution in [0.2, 0.25) is 0 Å². The lowest BCUT2D eigenvalue weighted by atomic mass is 10.1. The number of ether oxygens (including phenoxy) is 2. The van der Waals surface area contributed by atoms with Crippen molar-refractivity contribution in [2.24, 2.45) is 0 Å². The second-order valence-electron chi connectivity index (χ2n) is 4.51. The number of carbonyl (C=O) groups excluding carboxylic acids is 2. The molecular weight excluding hydrogens is 280 g/mol. The summed E-state index contributed by atoms with van der Waals surface area (Å²) in [5.74, 6) is 0.0982. The minimum Gasteiger partial charge on any atom is -0.423 e. The van der Waals surface area contributed by atoms with Crippen LogP contribution in [0.4, 0.5) is 0 Å². The van der Waals surface area contributed by atoms with E-state index in [9.17, 15) is 9.59 Å². The number of carbonyl (C=O) groups is 2. The predicted octanol–water partition coefficient (Wildman–Crippen LogP) is 3.80. The van der Waals surface area contributed by atoms with Crippen molar-refractivity contribution in [3.63, 3.8) is 0 Å². The first-order valence-corrected chi connectivity index (χ1v) is 6.85. The summed E-state index contributed by atoms with van der Waals surface area (Å²) in [7, 11) is 0. The van der Waals surface area contributed by atoms with Crippen LogP contribution in [0.15, 0.2) is 60.7 Å². The predicted molar refractivity (Wildman–Crippen MR) is 84.8 cm³/mol. The molecule has 112 valence electrons. The van der Waals surface area contributed by atoms with Crippen LogP contribution in [0.1, 0.15) is 13.8 Å². The Morgan fingerprint density at radius 2 is 1.18 bits per heavy atom. The fraction of sp³-hybridized carbons (Fsp3) is 0.111. The molecule has 0 aliphatic carbocycles. The Labute approximate surface area is 128 Å². The molecule has 4 nitrogen and oxygen atoms in total. The van der Waals surface area contributed by atoms with Crippen molar-refractivity contribution >= 4 is 22.7 Å². The first-order chi connectivity index (χ1) is 10.6. The molecule has 0 saturated carbocycles. The molecule has 2 aromatic rings. The van der Waals surface area contributed by atoms with E-state index in [4.69, 9.17) is 9.47 Å². The van der Waals surface area contributed by atoms with E-state index in [1.807, 2.05) is 0 Å². The van der Waals surface area contributed by atoms with Crippen LogP contribution in [0, 0.1) is 0 Å². The van der Waals surface area contributed by atoms with Crippen molar-refractivity contribution < 1.29 is 19.1 Å². The maximum absolute atomic E-state index is 11.4. The quantitative estimate of drug-likeness (QED) is 0.489. The van der Waals surface area contributed by atoms with Crippen LogP contribution in [0.3, 0.4) is 0 Å². The third-order valence-corrected chi connectivity index (χ3v) is 2.83. The third-order valence-electron chi connectivity index (χ3n) is 2.83. The minimum atomic E-state index is -0.418. The van der Waals surface area contributed by atoms with E-state index < -0.39 is 11.9 Å². The highest BCUT2D eigenvalue weighted by Gasteiger charge is 2.05. The van der Waals surface area contributed by atoms with E-state index in [-0.39, 0.29) is 0 Å². The topological polar surface area (TPSA) is 52.6 Å². The van der Waals surface area contributed by atoms with Gasteiger partial charge >= 0.3 is 11.9 Å². The summed E-state index contributed by atoms with van der Waals surface area (Å²) >= 11 is 0. The fourth-order valence-corrected chi connectivity index (χ4v) is 1.90. The molecule has 0 N–H and O–H groups in total. The molecule has 0 unspecified atom stereocenters. The molecule has 0 spiro atoms. The monoisotopic (exact) mass is 296 g/mol. The minimum absolute atomic E-state index is 0.418. The second kappa shape index (κ2) is 7.22. The van der Waals surface area contributed by atoms with E-state index in [0.717, 1.165) is 10.8 Å². The number of fused-ring (bicyclic) bond motifs is 1. The molecule has 2 rings (SSSR count). The van der Waals surface area contributed by atoms with E-state index >= 15 is 0 Å². The molecule has 0 radical (unpaired) electrons. The number of esters is 2. The lowest BCUT2D eigenvalue weighted by Gasteiger charge is -2.06. The van der Waals surface area contributed by atoms with Gasteiger partial charge in [0.2, 0.25) is 0 Å². The molecule has 0 aliphatic rings. The lowest BCUT2D eigenvalue weighted by molar-refractivity contribution is -0.129. The molecule has 0 saturated heterocycles. The molecular formula is C18H16O4. The average molecular weight is 296 g/mol. The molecule has 0 aliphatic heterocycles. The first kappa shape index (κ1) is 15.5. The van der Waals surface area contributed by atoms with E-state index in [1.54, 1.807) is 62.4 Å². The highest BCUT2D eigenvalue weighted by Crippen LogP contribution is 2.25. The SMILES string of the molecule is CC=CC(=O)Oc1ccc2cc(OC(=O)C=CC)ccc2c1. The standard InChI is InChI=1S/C18H16O4/c1-3-5-17(19)21-15-9-7-14-12-16(10-8-13(14)11-15)22-18(20)6-4-2/h3-12H,1-2H3. The van der Waals surface area contributed by atoms with Gasteiger partial charge in [-0.2, -0.15) is 0 Å². The summed E-state index contributed by atoms with van der Waals surface area (Å²) in [6, 6.07) is 10.5. The van der Waals surface area contributed by atoms with Gasteiger partial charge in [-0.3, -0.25) is 0 Å². The number of hydrogen-bond acceptors (Lipinski definition) is 4. The zero-order chi connectivity index (χ0) is 15.9. The molecule has 22 heavy (non-hydrogen) atoms. The summed E-state index contributed by atoms with van der Waals surface area (Å²) in [4.78, 5) is 22.8. The van der Waals surface area contributed by atoms with Gasteiger partial charge in [-0.05, 0) is 48.9 Å². The second-order valence-corrected chi connectivity index (χ2v) is 4.51. The van der Waals surface area contributed by atoms with Gasteiger partial charge in [-0.15, -0.1) is 0 Å². The van der Waals surface area contributed by atoms with Gasteiger partial charge in [-0.25, -0.2) is 9.59 Å². The molecule has 0 fully saturated rings. The molecule has 0 atom stereocenters. The smallest absolute Gasteiger partial charge is 0.335 e. The Balaban J connectivity index is 2.21. The Morgan fingerprint density at radius 3 is 1.55 bits per heavy atom. The molecule has 0 amide bonds. The average Bonchev–Trinajstić information content (AvgIpc) is 2.48. The van der Waals surface area contributed by atoms with Gasteiger partial charge in [0, 0.05) is 12.2 Å². The van der Waals surface area contributed by atoms with Crippen molar-refractivity contribution in [3.8, 4) is 11.5 Å². The Kier molecular flexibility index (Phi) is 5.09. The zero-order valence-electron chi connectivity index (χ0n) is 12.4. The largest absolute Gasteiger partial charge is 0.423 e. The summed E-state index contributed by atoms with van der Waals surface area (Å²) in [6.07, 6.45) is 5.95. The normalized spacial score (nSPS) is 11.2. The fourth-order valence-electron chi connectivity index (χ4n) is 1.90. The van der Waals surface area contributed by atoms with Crippen molar-refractivity contribution in [1.29, 1.82) is 0 Å². The highest BCUT2D eigenvalue weighted by molar-refractivity contribution is 5.89. The van der Waals surface area contributed by atoms with Crippen LogP contribution in [-0.4, -0.2) is 11.9 Å². The molecule has 0 bridgehead atoms. The van der Waals surface area contributed by atoms with Crippen molar-refractivity contribution in [3.05, 3.63) is 60.7 Å². The van der Waals surface area contributed by atoms with Crippen molar-refractivity contribution in [1.82, 2.24) is 0 Å². The van der Waals surface area contributed by atoms with Crippen LogP contribution in [0.5, 0.6) is 11.5 Å². The molecule has 0 heterocycles. The first-order valence-electron chi connectivity index (χ1n) is 6.85.